The molecule has 0 bridgehead atoms. The summed E-state index contributed by atoms with van der Waals surface area (Å²) in [5, 5.41) is 7.58. The third kappa shape index (κ3) is 3.33. The minimum atomic E-state index is -0.305. The van der Waals surface area contributed by atoms with E-state index in [1.165, 1.54) is 12.3 Å². The van der Waals surface area contributed by atoms with Crippen molar-refractivity contribution in [1.82, 2.24) is 15.3 Å². The predicted octanol–water partition coefficient (Wildman–Crippen LogP) is 2.77. The summed E-state index contributed by atoms with van der Waals surface area (Å²) in [7, 11) is 0. The standard InChI is InChI=1S/C19H16N4O2/c24-18(23-17-11-20-10-13-3-1-2-4-15(13)17)12-7-8-21-16(9-12)19(25)22-14-5-6-14/h1-4,7-11,14H,5-6H2,(H,22,25)(H,23,24). The van der Waals surface area contributed by atoms with Gasteiger partial charge >= 0.3 is 0 Å². The smallest absolute Gasteiger partial charge is 0.270 e. The van der Waals surface area contributed by atoms with E-state index >= 15 is 0 Å². The van der Waals surface area contributed by atoms with Crippen molar-refractivity contribution >= 4 is 28.3 Å². The first-order chi connectivity index (χ1) is 12.2. The van der Waals surface area contributed by atoms with E-state index in [0.717, 1.165) is 23.6 Å². The van der Waals surface area contributed by atoms with Gasteiger partial charge in [0.1, 0.15) is 5.69 Å². The van der Waals surface area contributed by atoms with Crippen LogP contribution in [0.3, 0.4) is 0 Å². The number of pyridine rings is 2. The molecule has 3 aromatic rings. The number of hydrogen-bond donors (Lipinski definition) is 2. The molecule has 1 saturated carbocycles. The first-order valence-electron chi connectivity index (χ1n) is 8.12. The Hall–Kier alpha value is -3.28. The number of hydrogen-bond acceptors (Lipinski definition) is 4. The van der Waals surface area contributed by atoms with Gasteiger partial charge in [-0.15, -0.1) is 0 Å². The summed E-state index contributed by atoms with van der Waals surface area (Å²) in [6.07, 6.45) is 6.83. The van der Waals surface area contributed by atoms with Crippen LogP contribution in [0.2, 0.25) is 0 Å². The normalized spacial score (nSPS) is 13.4. The number of fused-ring (bicyclic) bond motifs is 1. The second-order valence-corrected chi connectivity index (χ2v) is 6.04. The number of anilines is 1. The molecule has 25 heavy (non-hydrogen) atoms. The molecule has 0 unspecified atom stereocenters. The highest BCUT2D eigenvalue weighted by atomic mass is 16.2. The lowest BCUT2D eigenvalue weighted by Gasteiger charge is -2.09. The molecule has 6 heteroatoms. The molecule has 6 nitrogen and oxygen atoms in total. The molecule has 0 saturated heterocycles. The second-order valence-electron chi connectivity index (χ2n) is 6.04. The van der Waals surface area contributed by atoms with Gasteiger partial charge in [-0.05, 0) is 25.0 Å². The van der Waals surface area contributed by atoms with Gasteiger partial charge in [-0.25, -0.2) is 0 Å². The van der Waals surface area contributed by atoms with Crippen LogP contribution in [0, 0.1) is 0 Å². The number of rotatable bonds is 4. The molecule has 0 atom stereocenters. The van der Waals surface area contributed by atoms with Gasteiger partial charge in [-0.1, -0.05) is 24.3 Å². The molecule has 2 N–H and O–H groups in total. The van der Waals surface area contributed by atoms with Crippen molar-refractivity contribution in [1.29, 1.82) is 0 Å². The molecule has 0 aliphatic heterocycles. The average molecular weight is 332 g/mol. The molecule has 2 heterocycles. The molecule has 2 amide bonds. The molecule has 1 aliphatic carbocycles. The summed E-state index contributed by atoms with van der Waals surface area (Å²) in [5.41, 5.74) is 1.25. The average Bonchev–Trinajstić information content (AvgIpc) is 3.46. The lowest BCUT2D eigenvalue weighted by Crippen LogP contribution is -2.26. The van der Waals surface area contributed by atoms with Crippen LogP contribution >= 0.6 is 0 Å². The van der Waals surface area contributed by atoms with Crippen LogP contribution in [0.15, 0.2) is 55.0 Å². The van der Waals surface area contributed by atoms with Crippen LogP contribution in [0.4, 0.5) is 5.69 Å². The van der Waals surface area contributed by atoms with Gasteiger partial charge in [0, 0.05) is 34.8 Å². The quantitative estimate of drug-likeness (QED) is 0.769. The molecule has 1 fully saturated rings. The van der Waals surface area contributed by atoms with E-state index < -0.39 is 0 Å². The van der Waals surface area contributed by atoms with E-state index in [-0.39, 0.29) is 23.6 Å². The van der Waals surface area contributed by atoms with Crippen molar-refractivity contribution in [2.75, 3.05) is 5.32 Å². The summed E-state index contributed by atoms with van der Waals surface area (Å²) < 4.78 is 0. The lowest BCUT2D eigenvalue weighted by atomic mass is 10.1. The Morgan fingerprint density at radius 1 is 1.04 bits per heavy atom. The van der Waals surface area contributed by atoms with E-state index in [9.17, 15) is 9.59 Å². The molecule has 0 spiro atoms. The largest absolute Gasteiger partial charge is 0.348 e. The number of aromatic nitrogens is 2. The number of nitrogens with one attached hydrogen (secondary N) is 2. The number of benzene rings is 1. The fourth-order valence-electron chi connectivity index (χ4n) is 2.59. The van der Waals surface area contributed by atoms with E-state index in [1.807, 2.05) is 24.3 Å². The Balaban J connectivity index is 1.57. The van der Waals surface area contributed by atoms with Gasteiger partial charge in [0.05, 0.1) is 11.9 Å². The van der Waals surface area contributed by atoms with Crippen molar-refractivity contribution in [3.05, 3.63) is 66.2 Å². The molecule has 4 rings (SSSR count). The number of carbonyl (C=O) groups is 2. The maximum atomic E-state index is 12.6. The monoisotopic (exact) mass is 332 g/mol. The summed E-state index contributed by atoms with van der Waals surface area (Å²) in [6, 6.07) is 11.0. The highest BCUT2D eigenvalue weighted by Crippen LogP contribution is 2.22. The van der Waals surface area contributed by atoms with Crippen molar-refractivity contribution in [2.45, 2.75) is 18.9 Å². The summed E-state index contributed by atoms with van der Waals surface area (Å²) in [5.74, 6) is -0.551. The highest BCUT2D eigenvalue weighted by molar-refractivity contribution is 6.09. The topological polar surface area (TPSA) is 84.0 Å². The lowest BCUT2D eigenvalue weighted by molar-refractivity contribution is 0.0946. The van der Waals surface area contributed by atoms with E-state index in [1.54, 1.807) is 18.5 Å². The SMILES string of the molecule is O=C(Nc1cncc2ccccc12)c1ccnc(C(=O)NC2CC2)c1. The Morgan fingerprint density at radius 3 is 2.72 bits per heavy atom. The molecular weight excluding hydrogens is 316 g/mol. The van der Waals surface area contributed by atoms with Gasteiger partial charge in [0.15, 0.2) is 0 Å². The van der Waals surface area contributed by atoms with Crippen molar-refractivity contribution in [3.63, 3.8) is 0 Å². The molecule has 1 aliphatic rings. The van der Waals surface area contributed by atoms with Crippen molar-refractivity contribution in [2.24, 2.45) is 0 Å². The number of carbonyl (C=O) groups excluding carboxylic acids is 2. The van der Waals surface area contributed by atoms with Gasteiger partial charge in [-0.3, -0.25) is 19.6 Å². The summed E-state index contributed by atoms with van der Waals surface area (Å²) >= 11 is 0. The van der Waals surface area contributed by atoms with Crippen LogP contribution < -0.4 is 10.6 Å². The number of amides is 2. The van der Waals surface area contributed by atoms with E-state index in [0.29, 0.717) is 11.3 Å². The molecule has 1 aromatic carbocycles. The zero-order chi connectivity index (χ0) is 17.2. The maximum Gasteiger partial charge on any atom is 0.270 e. The van der Waals surface area contributed by atoms with Crippen molar-refractivity contribution < 1.29 is 9.59 Å². The third-order valence-corrected chi connectivity index (χ3v) is 4.08. The van der Waals surface area contributed by atoms with Crippen LogP contribution in [-0.2, 0) is 0 Å². The van der Waals surface area contributed by atoms with Crippen LogP contribution in [-0.4, -0.2) is 27.8 Å². The van der Waals surface area contributed by atoms with Gasteiger partial charge < -0.3 is 10.6 Å². The second kappa shape index (κ2) is 6.32. The van der Waals surface area contributed by atoms with Gasteiger partial charge in [0.25, 0.3) is 11.8 Å². The maximum absolute atomic E-state index is 12.6. The minimum absolute atomic E-state index is 0.244. The first-order valence-corrected chi connectivity index (χ1v) is 8.12. The van der Waals surface area contributed by atoms with Crippen LogP contribution in [0.1, 0.15) is 33.7 Å². The first kappa shape index (κ1) is 15.3. The van der Waals surface area contributed by atoms with Crippen LogP contribution in [0.25, 0.3) is 10.8 Å². The molecular formula is C19H16N4O2. The van der Waals surface area contributed by atoms with Crippen LogP contribution in [0.5, 0.6) is 0 Å². The molecule has 2 aromatic heterocycles. The molecule has 0 radical (unpaired) electrons. The number of nitrogens with zero attached hydrogens (tertiary/aromatic N) is 2. The Bertz CT molecular complexity index is 961. The highest BCUT2D eigenvalue weighted by Gasteiger charge is 2.24. The van der Waals surface area contributed by atoms with Crippen molar-refractivity contribution in [3.8, 4) is 0 Å². The Morgan fingerprint density at radius 2 is 1.88 bits per heavy atom. The van der Waals surface area contributed by atoms with Gasteiger partial charge in [0.2, 0.25) is 0 Å². The summed E-state index contributed by atoms with van der Waals surface area (Å²) in [6.45, 7) is 0. The van der Waals surface area contributed by atoms with Gasteiger partial charge in [-0.2, -0.15) is 0 Å². The van der Waals surface area contributed by atoms with E-state index in [4.69, 9.17) is 0 Å². The third-order valence-electron chi connectivity index (χ3n) is 4.08. The fraction of sp³-hybridized carbons (Fsp3) is 0.158. The Labute approximate surface area is 144 Å². The fourth-order valence-corrected chi connectivity index (χ4v) is 2.59. The predicted molar refractivity (Wildman–Crippen MR) is 94.4 cm³/mol. The minimum Gasteiger partial charge on any atom is -0.348 e. The zero-order valence-corrected chi connectivity index (χ0v) is 13.4. The Kier molecular flexibility index (Phi) is 3.85. The summed E-state index contributed by atoms with van der Waals surface area (Å²) in [4.78, 5) is 32.9. The zero-order valence-electron chi connectivity index (χ0n) is 13.4. The molecule has 124 valence electrons. The van der Waals surface area contributed by atoms with E-state index in [2.05, 4.69) is 20.6 Å².